The van der Waals surface area contributed by atoms with Crippen molar-refractivity contribution in [3.05, 3.63) is 60.2 Å². The lowest BCUT2D eigenvalue weighted by Gasteiger charge is -2.08. The van der Waals surface area contributed by atoms with E-state index in [4.69, 9.17) is 0 Å². The van der Waals surface area contributed by atoms with Gasteiger partial charge in [0.25, 0.3) is 0 Å². The molecule has 0 spiro atoms. The highest BCUT2D eigenvalue weighted by Gasteiger charge is 1.98. The molecule has 0 bridgehead atoms. The summed E-state index contributed by atoms with van der Waals surface area (Å²) < 4.78 is 0. The van der Waals surface area contributed by atoms with E-state index in [1.54, 1.807) is 0 Å². The van der Waals surface area contributed by atoms with Crippen LogP contribution in [0, 0.1) is 0 Å². The molecule has 0 aliphatic carbocycles. The summed E-state index contributed by atoms with van der Waals surface area (Å²) in [4.78, 5) is 0. The van der Waals surface area contributed by atoms with Crippen LogP contribution in [0.3, 0.4) is 0 Å². The van der Waals surface area contributed by atoms with Gasteiger partial charge in [-0.25, -0.2) is 0 Å². The first-order chi connectivity index (χ1) is 9.25. The van der Waals surface area contributed by atoms with Gasteiger partial charge in [-0.2, -0.15) is 0 Å². The SMILES string of the molecule is CC(C)NCCCc1ccc(-c2ccccc2)cc1. The molecule has 0 radical (unpaired) electrons. The van der Waals surface area contributed by atoms with E-state index in [9.17, 15) is 0 Å². The fourth-order valence-corrected chi connectivity index (χ4v) is 2.18. The molecular formula is C18H23N. The van der Waals surface area contributed by atoms with Gasteiger partial charge < -0.3 is 5.32 Å². The van der Waals surface area contributed by atoms with Gasteiger partial charge in [0.1, 0.15) is 0 Å². The Kier molecular flexibility index (Phi) is 5.17. The maximum absolute atomic E-state index is 3.45. The van der Waals surface area contributed by atoms with E-state index >= 15 is 0 Å². The van der Waals surface area contributed by atoms with Gasteiger partial charge in [-0.1, -0.05) is 68.4 Å². The Labute approximate surface area is 116 Å². The summed E-state index contributed by atoms with van der Waals surface area (Å²) in [5, 5.41) is 3.45. The predicted molar refractivity (Wildman–Crippen MR) is 83.3 cm³/mol. The Hall–Kier alpha value is -1.60. The third-order valence-electron chi connectivity index (χ3n) is 3.26. The minimum atomic E-state index is 0.584. The van der Waals surface area contributed by atoms with Crippen molar-refractivity contribution in [2.75, 3.05) is 6.54 Å². The molecule has 0 unspecified atom stereocenters. The molecule has 0 aromatic heterocycles. The molecule has 0 aliphatic rings. The molecular weight excluding hydrogens is 230 g/mol. The molecule has 0 saturated heterocycles. The Morgan fingerprint density at radius 1 is 0.842 bits per heavy atom. The van der Waals surface area contributed by atoms with E-state index < -0.39 is 0 Å². The van der Waals surface area contributed by atoms with E-state index in [-0.39, 0.29) is 0 Å². The smallest absolute Gasteiger partial charge is 0.00103 e. The maximum atomic E-state index is 3.45. The molecule has 0 fully saturated rings. The molecule has 0 atom stereocenters. The van der Waals surface area contributed by atoms with Gasteiger partial charge >= 0.3 is 0 Å². The standard InChI is InChI=1S/C18H23N/c1-15(2)19-14-6-7-16-10-12-18(13-11-16)17-8-4-3-5-9-17/h3-5,8-13,15,19H,6-7,14H2,1-2H3. The average Bonchev–Trinajstić information content (AvgIpc) is 2.45. The van der Waals surface area contributed by atoms with Crippen LogP contribution in [0.2, 0.25) is 0 Å². The van der Waals surface area contributed by atoms with Crippen LogP contribution in [0.4, 0.5) is 0 Å². The Morgan fingerprint density at radius 3 is 2.11 bits per heavy atom. The summed E-state index contributed by atoms with van der Waals surface area (Å²) in [6.45, 7) is 5.47. The minimum Gasteiger partial charge on any atom is -0.315 e. The van der Waals surface area contributed by atoms with E-state index in [0.717, 1.165) is 13.0 Å². The van der Waals surface area contributed by atoms with Crippen molar-refractivity contribution in [1.82, 2.24) is 5.32 Å². The summed E-state index contributed by atoms with van der Waals surface area (Å²) in [5.41, 5.74) is 4.01. The first kappa shape index (κ1) is 13.8. The van der Waals surface area contributed by atoms with Crippen molar-refractivity contribution in [3.8, 4) is 11.1 Å². The van der Waals surface area contributed by atoms with Crippen molar-refractivity contribution in [2.45, 2.75) is 32.7 Å². The van der Waals surface area contributed by atoms with Crippen molar-refractivity contribution >= 4 is 0 Å². The lowest BCUT2D eigenvalue weighted by molar-refractivity contribution is 0.570. The molecule has 2 rings (SSSR count). The van der Waals surface area contributed by atoms with Gasteiger partial charge in [0.2, 0.25) is 0 Å². The summed E-state index contributed by atoms with van der Waals surface area (Å²) in [7, 11) is 0. The number of benzene rings is 2. The zero-order valence-electron chi connectivity index (χ0n) is 11.9. The second-order valence-electron chi connectivity index (χ2n) is 5.28. The Balaban J connectivity index is 1.88. The third-order valence-corrected chi connectivity index (χ3v) is 3.26. The van der Waals surface area contributed by atoms with E-state index in [0.29, 0.717) is 6.04 Å². The average molecular weight is 253 g/mol. The number of nitrogens with one attached hydrogen (secondary N) is 1. The van der Waals surface area contributed by atoms with Gasteiger partial charge in [0.05, 0.1) is 0 Å². The van der Waals surface area contributed by atoms with Gasteiger partial charge in [-0.05, 0) is 36.1 Å². The van der Waals surface area contributed by atoms with E-state index in [2.05, 4.69) is 73.8 Å². The monoisotopic (exact) mass is 253 g/mol. The van der Waals surface area contributed by atoms with Crippen molar-refractivity contribution in [1.29, 1.82) is 0 Å². The maximum Gasteiger partial charge on any atom is 0.00103 e. The van der Waals surface area contributed by atoms with Crippen LogP contribution < -0.4 is 5.32 Å². The predicted octanol–water partition coefficient (Wildman–Crippen LogP) is 4.28. The van der Waals surface area contributed by atoms with Crippen LogP contribution in [-0.4, -0.2) is 12.6 Å². The van der Waals surface area contributed by atoms with Crippen molar-refractivity contribution < 1.29 is 0 Å². The second-order valence-corrected chi connectivity index (χ2v) is 5.28. The van der Waals surface area contributed by atoms with Gasteiger partial charge in [-0.3, -0.25) is 0 Å². The quantitative estimate of drug-likeness (QED) is 0.757. The third kappa shape index (κ3) is 4.53. The van der Waals surface area contributed by atoms with Crippen LogP contribution >= 0.6 is 0 Å². The molecule has 1 nitrogen and oxygen atoms in total. The van der Waals surface area contributed by atoms with Gasteiger partial charge in [-0.15, -0.1) is 0 Å². The van der Waals surface area contributed by atoms with Crippen molar-refractivity contribution in [2.24, 2.45) is 0 Å². The summed E-state index contributed by atoms with van der Waals surface area (Å²) in [6, 6.07) is 20.1. The molecule has 19 heavy (non-hydrogen) atoms. The first-order valence-corrected chi connectivity index (χ1v) is 7.13. The molecule has 0 aliphatic heterocycles. The molecule has 2 aromatic rings. The molecule has 0 saturated carbocycles. The minimum absolute atomic E-state index is 0.584. The van der Waals surface area contributed by atoms with Gasteiger partial charge in [0.15, 0.2) is 0 Å². The molecule has 2 aromatic carbocycles. The molecule has 1 heteroatoms. The molecule has 100 valence electrons. The normalized spacial score (nSPS) is 10.9. The lowest BCUT2D eigenvalue weighted by Crippen LogP contribution is -2.23. The zero-order chi connectivity index (χ0) is 13.5. The van der Waals surface area contributed by atoms with Crippen molar-refractivity contribution in [3.63, 3.8) is 0 Å². The fraction of sp³-hybridized carbons (Fsp3) is 0.333. The highest BCUT2D eigenvalue weighted by atomic mass is 14.9. The van der Waals surface area contributed by atoms with Crippen LogP contribution in [0.25, 0.3) is 11.1 Å². The van der Waals surface area contributed by atoms with Crippen LogP contribution in [0.15, 0.2) is 54.6 Å². The Bertz CT molecular complexity index is 471. The summed E-state index contributed by atoms with van der Waals surface area (Å²) in [5.74, 6) is 0. The van der Waals surface area contributed by atoms with E-state index in [1.165, 1.54) is 23.1 Å². The molecule has 1 N–H and O–H groups in total. The number of aryl methyl sites for hydroxylation is 1. The zero-order valence-corrected chi connectivity index (χ0v) is 11.9. The summed E-state index contributed by atoms with van der Waals surface area (Å²) >= 11 is 0. The highest BCUT2D eigenvalue weighted by Crippen LogP contribution is 2.19. The topological polar surface area (TPSA) is 12.0 Å². The Morgan fingerprint density at radius 2 is 1.47 bits per heavy atom. The highest BCUT2D eigenvalue weighted by molar-refractivity contribution is 5.63. The number of hydrogen-bond donors (Lipinski definition) is 1. The number of rotatable bonds is 6. The fourth-order valence-electron chi connectivity index (χ4n) is 2.18. The first-order valence-electron chi connectivity index (χ1n) is 7.13. The lowest BCUT2D eigenvalue weighted by atomic mass is 10.0. The number of hydrogen-bond acceptors (Lipinski definition) is 1. The second kappa shape index (κ2) is 7.10. The van der Waals surface area contributed by atoms with Crippen LogP contribution in [0.5, 0.6) is 0 Å². The van der Waals surface area contributed by atoms with Gasteiger partial charge in [0, 0.05) is 6.04 Å². The molecule has 0 heterocycles. The van der Waals surface area contributed by atoms with E-state index in [1.807, 2.05) is 0 Å². The summed E-state index contributed by atoms with van der Waals surface area (Å²) in [6.07, 6.45) is 2.34. The largest absolute Gasteiger partial charge is 0.315 e. The molecule has 0 amide bonds. The van der Waals surface area contributed by atoms with Crippen LogP contribution in [-0.2, 0) is 6.42 Å². The van der Waals surface area contributed by atoms with Crippen LogP contribution in [0.1, 0.15) is 25.8 Å².